The molecule has 0 bridgehead atoms. The summed E-state index contributed by atoms with van der Waals surface area (Å²) in [5.41, 5.74) is 1.02. The fraction of sp³-hybridized carbons (Fsp3) is 0. The Morgan fingerprint density at radius 3 is 2.46 bits per heavy atom. The molecule has 0 aromatic heterocycles. The molecule has 0 atom stereocenters. The molecule has 1 saturated heterocycles. The zero-order chi connectivity index (χ0) is 18.8. The van der Waals surface area contributed by atoms with E-state index in [9.17, 15) is 15.0 Å². The molecule has 0 unspecified atom stereocenters. The average molecular weight is 425 g/mol. The SMILES string of the molecule is O=C1/C(=C\c2c(Cl)cccc2Cl)SC(=S)N1/N=C/c1ccc(O)c(O)c1. The van der Waals surface area contributed by atoms with Gasteiger partial charge in [-0.25, -0.2) is 0 Å². The number of hydrogen-bond donors (Lipinski definition) is 2. The Labute approximate surface area is 168 Å². The minimum absolute atomic E-state index is 0.243. The first-order valence-electron chi connectivity index (χ1n) is 7.15. The molecule has 1 amide bonds. The van der Waals surface area contributed by atoms with Crippen LogP contribution in [0.1, 0.15) is 11.1 Å². The van der Waals surface area contributed by atoms with Crippen LogP contribution in [0.2, 0.25) is 10.0 Å². The van der Waals surface area contributed by atoms with Crippen molar-refractivity contribution in [2.24, 2.45) is 5.10 Å². The van der Waals surface area contributed by atoms with Crippen LogP contribution in [0.25, 0.3) is 6.08 Å². The number of halogens is 2. The number of hydrazone groups is 1. The maximum Gasteiger partial charge on any atom is 0.286 e. The smallest absolute Gasteiger partial charge is 0.286 e. The second kappa shape index (κ2) is 7.67. The van der Waals surface area contributed by atoms with Crippen molar-refractivity contribution in [2.75, 3.05) is 0 Å². The van der Waals surface area contributed by atoms with E-state index in [0.29, 0.717) is 26.1 Å². The van der Waals surface area contributed by atoms with Crippen molar-refractivity contribution < 1.29 is 15.0 Å². The van der Waals surface area contributed by atoms with Crippen molar-refractivity contribution >= 4 is 69.7 Å². The van der Waals surface area contributed by atoms with Gasteiger partial charge in [0.2, 0.25) is 0 Å². The van der Waals surface area contributed by atoms with E-state index in [1.165, 1.54) is 24.4 Å². The highest BCUT2D eigenvalue weighted by molar-refractivity contribution is 8.26. The molecule has 0 saturated carbocycles. The number of rotatable bonds is 3. The van der Waals surface area contributed by atoms with Gasteiger partial charge in [-0.15, -0.1) is 0 Å². The van der Waals surface area contributed by atoms with Crippen LogP contribution in [0.4, 0.5) is 0 Å². The molecule has 5 nitrogen and oxygen atoms in total. The maximum atomic E-state index is 12.5. The van der Waals surface area contributed by atoms with E-state index < -0.39 is 5.91 Å². The molecular weight excluding hydrogens is 415 g/mol. The van der Waals surface area contributed by atoms with Crippen LogP contribution in [-0.4, -0.2) is 31.7 Å². The van der Waals surface area contributed by atoms with Gasteiger partial charge in [0.25, 0.3) is 5.91 Å². The van der Waals surface area contributed by atoms with Crippen LogP contribution in [0.15, 0.2) is 46.4 Å². The second-order valence-corrected chi connectivity index (χ2v) is 7.61. The first-order valence-corrected chi connectivity index (χ1v) is 9.13. The highest BCUT2D eigenvalue weighted by Gasteiger charge is 2.32. The van der Waals surface area contributed by atoms with E-state index in [0.717, 1.165) is 16.8 Å². The van der Waals surface area contributed by atoms with Gasteiger partial charge in [0, 0.05) is 15.6 Å². The van der Waals surface area contributed by atoms with E-state index in [-0.39, 0.29) is 15.8 Å². The Kier molecular flexibility index (Phi) is 5.52. The van der Waals surface area contributed by atoms with Gasteiger partial charge in [-0.05, 0) is 54.2 Å². The van der Waals surface area contributed by atoms with Gasteiger partial charge >= 0.3 is 0 Å². The lowest BCUT2D eigenvalue weighted by molar-refractivity contribution is -0.122. The average Bonchev–Trinajstić information content (AvgIpc) is 2.86. The first-order chi connectivity index (χ1) is 12.4. The highest BCUT2D eigenvalue weighted by atomic mass is 35.5. The molecule has 0 radical (unpaired) electrons. The van der Waals surface area contributed by atoms with Crippen molar-refractivity contribution in [3.63, 3.8) is 0 Å². The summed E-state index contributed by atoms with van der Waals surface area (Å²) < 4.78 is 0.253. The summed E-state index contributed by atoms with van der Waals surface area (Å²) in [4.78, 5) is 12.9. The van der Waals surface area contributed by atoms with Gasteiger partial charge in [0.05, 0.1) is 11.1 Å². The molecule has 2 aromatic carbocycles. The van der Waals surface area contributed by atoms with Crippen molar-refractivity contribution in [3.05, 3.63) is 62.5 Å². The topological polar surface area (TPSA) is 73.1 Å². The van der Waals surface area contributed by atoms with Gasteiger partial charge in [0.15, 0.2) is 15.8 Å². The number of thiocarbonyl (C=S) groups is 1. The lowest BCUT2D eigenvalue weighted by Crippen LogP contribution is -2.22. The zero-order valence-electron chi connectivity index (χ0n) is 12.9. The summed E-state index contributed by atoms with van der Waals surface area (Å²) in [7, 11) is 0. The van der Waals surface area contributed by atoms with Crippen LogP contribution >= 0.6 is 47.2 Å². The van der Waals surface area contributed by atoms with Crippen LogP contribution in [0.5, 0.6) is 11.5 Å². The quantitative estimate of drug-likeness (QED) is 0.325. The van der Waals surface area contributed by atoms with Crippen LogP contribution < -0.4 is 0 Å². The van der Waals surface area contributed by atoms with Gasteiger partial charge in [-0.2, -0.15) is 10.1 Å². The van der Waals surface area contributed by atoms with Crippen molar-refractivity contribution in [2.45, 2.75) is 0 Å². The third-order valence-corrected chi connectivity index (χ3v) is 5.31. The maximum absolute atomic E-state index is 12.5. The summed E-state index contributed by atoms with van der Waals surface area (Å²) in [6.45, 7) is 0. The number of benzene rings is 2. The molecule has 0 spiro atoms. The first kappa shape index (κ1) is 18.7. The molecule has 1 fully saturated rings. The Balaban J connectivity index is 1.86. The van der Waals surface area contributed by atoms with E-state index in [2.05, 4.69) is 5.10 Å². The number of aromatic hydroxyl groups is 2. The van der Waals surface area contributed by atoms with Crippen LogP contribution in [-0.2, 0) is 4.79 Å². The number of nitrogens with zero attached hydrogens (tertiary/aromatic N) is 2. The normalized spacial score (nSPS) is 16.2. The fourth-order valence-corrected chi connectivity index (χ4v) is 3.75. The number of phenolic OH excluding ortho intramolecular Hbond substituents is 2. The van der Waals surface area contributed by atoms with Crippen LogP contribution in [0, 0.1) is 0 Å². The molecule has 26 heavy (non-hydrogen) atoms. The molecule has 9 heteroatoms. The molecule has 3 rings (SSSR count). The lowest BCUT2D eigenvalue weighted by atomic mass is 10.2. The number of phenols is 2. The lowest BCUT2D eigenvalue weighted by Gasteiger charge is -2.06. The molecule has 1 heterocycles. The van der Waals surface area contributed by atoms with Gasteiger partial charge in [-0.3, -0.25) is 4.79 Å². The zero-order valence-corrected chi connectivity index (χ0v) is 16.0. The largest absolute Gasteiger partial charge is 0.504 e. The Morgan fingerprint density at radius 1 is 1.12 bits per heavy atom. The van der Waals surface area contributed by atoms with Crippen molar-refractivity contribution in [1.82, 2.24) is 5.01 Å². The minimum atomic E-state index is -0.407. The molecule has 132 valence electrons. The van der Waals surface area contributed by atoms with Crippen molar-refractivity contribution in [1.29, 1.82) is 0 Å². The number of amides is 1. The summed E-state index contributed by atoms with van der Waals surface area (Å²) in [5.74, 6) is -0.935. The fourth-order valence-electron chi connectivity index (χ4n) is 2.08. The van der Waals surface area contributed by atoms with Gasteiger partial charge in [-0.1, -0.05) is 41.0 Å². The summed E-state index contributed by atoms with van der Waals surface area (Å²) in [5, 5.41) is 24.8. The summed E-state index contributed by atoms with van der Waals surface area (Å²) >= 11 is 18.5. The van der Waals surface area contributed by atoms with E-state index >= 15 is 0 Å². The second-order valence-electron chi connectivity index (χ2n) is 5.12. The van der Waals surface area contributed by atoms with Crippen molar-refractivity contribution in [3.8, 4) is 11.5 Å². The molecular formula is C17H10Cl2N2O3S2. The molecule has 1 aliphatic rings. The Morgan fingerprint density at radius 2 is 1.81 bits per heavy atom. The third-order valence-electron chi connectivity index (χ3n) is 3.37. The monoisotopic (exact) mass is 424 g/mol. The number of hydrogen-bond acceptors (Lipinski definition) is 6. The molecule has 1 aliphatic heterocycles. The van der Waals surface area contributed by atoms with E-state index in [4.69, 9.17) is 35.4 Å². The summed E-state index contributed by atoms with van der Waals surface area (Å²) in [6.07, 6.45) is 2.93. The third kappa shape index (κ3) is 3.86. The van der Waals surface area contributed by atoms with E-state index in [1.54, 1.807) is 24.3 Å². The standard InChI is InChI=1S/C17H10Cl2N2O3S2/c18-11-2-1-3-12(19)10(11)7-15-16(24)21(17(25)26-15)20-8-9-4-5-13(22)14(23)6-9/h1-8,22-23H/b15-7+,20-8+. The molecule has 0 aliphatic carbocycles. The molecule has 2 aromatic rings. The number of carbonyl (C=O) groups excluding carboxylic acids is 1. The number of carbonyl (C=O) groups is 1. The predicted molar refractivity (Wildman–Crippen MR) is 109 cm³/mol. The Hall–Kier alpha value is -2.06. The number of thioether (sulfide) groups is 1. The van der Waals surface area contributed by atoms with Crippen LogP contribution in [0.3, 0.4) is 0 Å². The van der Waals surface area contributed by atoms with Gasteiger partial charge < -0.3 is 10.2 Å². The minimum Gasteiger partial charge on any atom is -0.504 e. The van der Waals surface area contributed by atoms with Gasteiger partial charge in [0.1, 0.15) is 0 Å². The summed E-state index contributed by atoms with van der Waals surface area (Å²) in [6, 6.07) is 9.24. The Bertz CT molecular complexity index is 956. The van der Waals surface area contributed by atoms with E-state index in [1.807, 2.05) is 0 Å². The predicted octanol–water partition coefficient (Wildman–Crippen LogP) is 4.64. The highest BCUT2D eigenvalue weighted by Crippen LogP contribution is 2.36. The molecule has 2 N–H and O–H groups in total.